The Labute approximate surface area is 182 Å². The highest BCUT2D eigenvalue weighted by Crippen LogP contribution is 2.30. The lowest BCUT2D eigenvalue weighted by molar-refractivity contribution is -0.125. The third kappa shape index (κ3) is 4.58. The molecule has 0 fully saturated rings. The molecule has 1 aliphatic heterocycles. The van der Waals surface area contributed by atoms with E-state index < -0.39 is 17.9 Å². The topological polar surface area (TPSA) is 120 Å². The number of tetrazole rings is 1. The lowest BCUT2D eigenvalue weighted by atomic mass is 10.2. The molecule has 3 aromatic rings. The zero-order valence-corrected chi connectivity index (χ0v) is 17.3. The average molecular weight is 443 g/mol. The highest BCUT2D eigenvalue weighted by atomic mass is 35.5. The van der Waals surface area contributed by atoms with Gasteiger partial charge in [0.1, 0.15) is 13.2 Å². The highest BCUT2D eigenvalue weighted by molar-refractivity contribution is 6.30. The predicted molar refractivity (Wildman–Crippen MR) is 111 cm³/mol. The standard InChI is InChI=1S/C20H19ClN6O4/c1-2-15(27-25-18(22-26-27)12-3-6-14(21)7-4-12)20(29)24-23-19(28)13-5-8-16-17(11-13)31-10-9-30-16/h3-8,11,15H,2,9-10H2,1H3,(H,23,28)(H,24,29). The summed E-state index contributed by atoms with van der Waals surface area (Å²) < 4.78 is 10.9. The van der Waals surface area contributed by atoms with Crippen molar-refractivity contribution in [1.29, 1.82) is 0 Å². The maximum atomic E-state index is 12.6. The van der Waals surface area contributed by atoms with Crippen molar-refractivity contribution in [3.05, 3.63) is 53.1 Å². The summed E-state index contributed by atoms with van der Waals surface area (Å²) in [5.74, 6) is 0.454. The maximum Gasteiger partial charge on any atom is 0.269 e. The first kappa shape index (κ1) is 20.6. The number of carbonyl (C=O) groups is 2. The number of fused-ring (bicyclic) bond motifs is 1. The van der Waals surface area contributed by atoms with Gasteiger partial charge in [0.25, 0.3) is 11.8 Å². The fraction of sp³-hybridized carbons (Fsp3) is 0.250. The first-order valence-electron chi connectivity index (χ1n) is 9.60. The minimum Gasteiger partial charge on any atom is -0.486 e. The van der Waals surface area contributed by atoms with Gasteiger partial charge in [0.05, 0.1) is 0 Å². The van der Waals surface area contributed by atoms with Gasteiger partial charge in [-0.15, -0.1) is 10.2 Å². The molecule has 160 valence electrons. The second kappa shape index (κ2) is 9.00. The van der Waals surface area contributed by atoms with Crippen molar-refractivity contribution in [3.8, 4) is 22.9 Å². The van der Waals surface area contributed by atoms with E-state index in [1.165, 1.54) is 4.80 Å². The number of amides is 2. The van der Waals surface area contributed by atoms with E-state index in [1.807, 2.05) is 0 Å². The first-order chi connectivity index (χ1) is 15.0. The Balaban J connectivity index is 1.40. The molecule has 2 N–H and O–H groups in total. The molecule has 0 spiro atoms. The van der Waals surface area contributed by atoms with E-state index >= 15 is 0 Å². The highest BCUT2D eigenvalue weighted by Gasteiger charge is 2.23. The molecule has 0 saturated heterocycles. The molecule has 0 radical (unpaired) electrons. The fourth-order valence-electron chi connectivity index (χ4n) is 2.98. The molecule has 11 heteroatoms. The molecular formula is C20H19ClN6O4. The minimum atomic E-state index is -0.755. The second-order valence-electron chi connectivity index (χ2n) is 6.67. The van der Waals surface area contributed by atoms with E-state index in [2.05, 4.69) is 26.3 Å². The molecule has 10 nitrogen and oxygen atoms in total. The summed E-state index contributed by atoms with van der Waals surface area (Å²) in [6.07, 6.45) is 0.391. The van der Waals surface area contributed by atoms with Crippen LogP contribution >= 0.6 is 11.6 Å². The Kier molecular flexibility index (Phi) is 5.99. The van der Waals surface area contributed by atoms with Crippen LogP contribution in [-0.4, -0.2) is 45.2 Å². The van der Waals surface area contributed by atoms with Crippen LogP contribution in [-0.2, 0) is 4.79 Å². The van der Waals surface area contributed by atoms with Crippen LogP contribution in [0, 0.1) is 0 Å². The van der Waals surface area contributed by atoms with Gasteiger partial charge in [-0.25, -0.2) is 0 Å². The number of carbonyl (C=O) groups excluding carboxylic acids is 2. The molecule has 1 atom stereocenters. The van der Waals surface area contributed by atoms with E-state index in [0.717, 1.165) is 5.56 Å². The van der Waals surface area contributed by atoms with E-state index in [9.17, 15) is 9.59 Å². The molecule has 4 rings (SSSR count). The first-order valence-corrected chi connectivity index (χ1v) is 9.98. The Bertz CT molecular complexity index is 1100. The Morgan fingerprint density at radius 3 is 2.58 bits per heavy atom. The number of hydrogen-bond acceptors (Lipinski definition) is 7. The average Bonchev–Trinajstić information content (AvgIpc) is 3.28. The fourth-order valence-corrected chi connectivity index (χ4v) is 3.11. The number of aromatic nitrogens is 4. The Morgan fingerprint density at radius 2 is 1.84 bits per heavy atom. The Hall–Kier alpha value is -3.66. The van der Waals surface area contributed by atoms with Crippen LogP contribution in [0.1, 0.15) is 29.7 Å². The lowest BCUT2D eigenvalue weighted by Crippen LogP contribution is -2.45. The number of benzene rings is 2. The van der Waals surface area contributed by atoms with Crippen LogP contribution in [0.15, 0.2) is 42.5 Å². The summed E-state index contributed by atoms with van der Waals surface area (Å²) in [5.41, 5.74) is 5.85. The summed E-state index contributed by atoms with van der Waals surface area (Å²) in [6, 6.07) is 11.0. The zero-order valence-electron chi connectivity index (χ0n) is 16.5. The van der Waals surface area contributed by atoms with Crippen LogP contribution < -0.4 is 20.3 Å². The van der Waals surface area contributed by atoms with Gasteiger partial charge in [0, 0.05) is 16.1 Å². The van der Waals surface area contributed by atoms with Gasteiger partial charge in [0.15, 0.2) is 17.5 Å². The van der Waals surface area contributed by atoms with Gasteiger partial charge in [0.2, 0.25) is 5.82 Å². The molecule has 2 amide bonds. The van der Waals surface area contributed by atoms with Crippen LogP contribution in [0.5, 0.6) is 11.5 Å². The summed E-state index contributed by atoms with van der Waals surface area (Å²) in [4.78, 5) is 26.3. The van der Waals surface area contributed by atoms with Gasteiger partial charge in [-0.05, 0) is 54.1 Å². The molecule has 1 aromatic heterocycles. The molecule has 0 saturated carbocycles. The van der Waals surface area contributed by atoms with Crippen molar-refractivity contribution in [2.75, 3.05) is 13.2 Å². The van der Waals surface area contributed by atoms with Crippen molar-refractivity contribution in [3.63, 3.8) is 0 Å². The molecule has 31 heavy (non-hydrogen) atoms. The number of hydrogen-bond donors (Lipinski definition) is 2. The molecule has 0 bridgehead atoms. The van der Waals surface area contributed by atoms with E-state index in [0.29, 0.717) is 47.5 Å². The largest absolute Gasteiger partial charge is 0.486 e. The molecular weight excluding hydrogens is 424 g/mol. The van der Waals surface area contributed by atoms with Crippen molar-refractivity contribution in [2.45, 2.75) is 19.4 Å². The molecule has 0 aliphatic carbocycles. The van der Waals surface area contributed by atoms with Crippen molar-refractivity contribution in [2.24, 2.45) is 0 Å². The SMILES string of the molecule is CCC(C(=O)NNC(=O)c1ccc2c(c1)OCCO2)n1nnc(-c2ccc(Cl)cc2)n1. The molecule has 1 unspecified atom stereocenters. The van der Waals surface area contributed by atoms with E-state index in [-0.39, 0.29) is 0 Å². The van der Waals surface area contributed by atoms with Crippen LogP contribution in [0.3, 0.4) is 0 Å². The number of hydrazine groups is 1. The monoisotopic (exact) mass is 442 g/mol. The van der Waals surface area contributed by atoms with E-state index in [4.69, 9.17) is 21.1 Å². The number of nitrogens with one attached hydrogen (secondary N) is 2. The number of rotatable bonds is 5. The second-order valence-corrected chi connectivity index (χ2v) is 7.10. The number of halogens is 1. The minimum absolute atomic E-state index is 0.321. The lowest BCUT2D eigenvalue weighted by Gasteiger charge is -2.19. The van der Waals surface area contributed by atoms with Gasteiger partial charge in [-0.2, -0.15) is 4.80 Å². The summed E-state index contributed by atoms with van der Waals surface area (Å²) >= 11 is 5.90. The molecule has 2 heterocycles. The smallest absolute Gasteiger partial charge is 0.269 e. The summed E-state index contributed by atoms with van der Waals surface area (Å²) in [7, 11) is 0. The maximum absolute atomic E-state index is 12.6. The predicted octanol–water partition coefficient (Wildman–Crippen LogP) is 2.18. The normalized spacial score (nSPS) is 13.4. The van der Waals surface area contributed by atoms with Crippen LogP contribution in [0.2, 0.25) is 5.02 Å². The summed E-state index contributed by atoms with van der Waals surface area (Å²) in [5, 5.41) is 12.9. The van der Waals surface area contributed by atoms with Crippen molar-refractivity contribution in [1.82, 2.24) is 31.1 Å². The van der Waals surface area contributed by atoms with Gasteiger partial charge in [-0.3, -0.25) is 20.4 Å². The van der Waals surface area contributed by atoms with Crippen LogP contribution in [0.4, 0.5) is 0 Å². The van der Waals surface area contributed by atoms with Crippen molar-refractivity contribution >= 4 is 23.4 Å². The zero-order chi connectivity index (χ0) is 21.8. The van der Waals surface area contributed by atoms with Gasteiger partial charge >= 0.3 is 0 Å². The van der Waals surface area contributed by atoms with Gasteiger partial charge < -0.3 is 9.47 Å². The third-order valence-corrected chi connectivity index (χ3v) is 4.85. The third-order valence-electron chi connectivity index (χ3n) is 4.60. The number of nitrogens with zero attached hydrogens (tertiary/aromatic N) is 4. The molecule has 2 aromatic carbocycles. The Morgan fingerprint density at radius 1 is 1.10 bits per heavy atom. The number of ether oxygens (including phenoxy) is 2. The van der Waals surface area contributed by atoms with Crippen molar-refractivity contribution < 1.29 is 19.1 Å². The van der Waals surface area contributed by atoms with Crippen LogP contribution in [0.25, 0.3) is 11.4 Å². The van der Waals surface area contributed by atoms with Gasteiger partial charge in [-0.1, -0.05) is 18.5 Å². The quantitative estimate of drug-likeness (QED) is 0.581. The summed E-state index contributed by atoms with van der Waals surface area (Å²) in [6.45, 7) is 2.68. The molecule has 1 aliphatic rings. The van der Waals surface area contributed by atoms with E-state index in [1.54, 1.807) is 49.4 Å².